The fourth-order valence-corrected chi connectivity index (χ4v) is 1.68. The van der Waals surface area contributed by atoms with Gasteiger partial charge in [-0.1, -0.05) is 13.3 Å². The van der Waals surface area contributed by atoms with Gasteiger partial charge in [-0.05, 0) is 19.3 Å². The molecule has 1 heterocycles. The predicted octanol–water partition coefficient (Wildman–Crippen LogP) is 1.40. The van der Waals surface area contributed by atoms with Gasteiger partial charge in [0.05, 0.1) is 11.4 Å². The summed E-state index contributed by atoms with van der Waals surface area (Å²) in [5.41, 5.74) is 7.70. The largest absolute Gasteiger partial charge is 0.395 e. The highest BCUT2D eigenvalue weighted by Gasteiger charge is 2.30. The molecule has 5 nitrogen and oxygen atoms in total. The maximum Gasteiger partial charge on any atom is 0.273 e. The molecule has 0 saturated heterocycles. The third-order valence-electron chi connectivity index (χ3n) is 2.85. The van der Waals surface area contributed by atoms with Crippen molar-refractivity contribution in [2.45, 2.75) is 38.5 Å². The number of hydrogen-bond donors (Lipinski definition) is 3. The number of unbranched alkanes of at least 4 members (excludes halogenated alkanes) is 1. The molecule has 1 aliphatic carbocycles. The first-order valence-corrected chi connectivity index (χ1v) is 5.86. The summed E-state index contributed by atoms with van der Waals surface area (Å²) in [6.07, 6.45) is 4.32. The molecule has 2 rings (SSSR count). The quantitative estimate of drug-likeness (QED) is 0.658. The van der Waals surface area contributed by atoms with E-state index in [9.17, 15) is 4.79 Å². The van der Waals surface area contributed by atoms with E-state index in [1.807, 2.05) is 0 Å². The Bertz CT molecular complexity index is 381. The van der Waals surface area contributed by atoms with Gasteiger partial charge in [-0.2, -0.15) is 5.10 Å². The fraction of sp³-hybridized carbons (Fsp3) is 0.636. The van der Waals surface area contributed by atoms with E-state index in [-0.39, 0.29) is 5.91 Å². The van der Waals surface area contributed by atoms with Gasteiger partial charge < -0.3 is 11.1 Å². The molecule has 16 heavy (non-hydrogen) atoms. The number of hydrogen-bond acceptors (Lipinski definition) is 3. The van der Waals surface area contributed by atoms with Crippen molar-refractivity contribution in [2.24, 2.45) is 0 Å². The third kappa shape index (κ3) is 2.18. The number of aromatic amines is 1. The lowest BCUT2D eigenvalue weighted by atomic mass is 10.2. The molecule has 4 N–H and O–H groups in total. The first-order valence-electron chi connectivity index (χ1n) is 5.86. The summed E-state index contributed by atoms with van der Waals surface area (Å²) in [5.74, 6) is 0.318. The van der Waals surface area contributed by atoms with Gasteiger partial charge in [0.25, 0.3) is 5.91 Å². The molecule has 1 aromatic rings. The zero-order valence-electron chi connectivity index (χ0n) is 9.55. The second-order valence-corrected chi connectivity index (χ2v) is 4.28. The van der Waals surface area contributed by atoms with Crippen molar-refractivity contribution in [2.75, 3.05) is 12.3 Å². The van der Waals surface area contributed by atoms with Gasteiger partial charge in [0.2, 0.25) is 0 Å². The van der Waals surface area contributed by atoms with Crippen molar-refractivity contribution in [3.05, 3.63) is 11.4 Å². The molecule has 0 unspecified atom stereocenters. The number of anilines is 1. The lowest BCUT2D eigenvalue weighted by Crippen LogP contribution is -2.25. The minimum Gasteiger partial charge on any atom is -0.395 e. The summed E-state index contributed by atoms with van der Waals surface area (Å²) in [6.45, 7) is 2.76. The van der Waals surface area contributed by atoms with Crippen LogP contribution in [0.25, 0.3) is 0 Å². The maximum absolute atomic E-state index is 11.7. The number of nitrogen functional groups attached to an aromatic ring is 1. The molecule has 88 valence electrons. The normalized spacial score (nSPS) is 15.1. The van der Waals surface area contributed by atoms with Gasteiger partial charge in [0.15, 0.2) is 5.69 Å². The molecule has 5 heteroatoms. The summed E-state index contributed by atoms with van der Waals surface area (Å²) >= 11 is 0. The molecule has 1 aliphatic rings. The smallest absolute Gasteiger partial charge is 0.273 e. The number of carbonyl (C=O) groups excluding carboxylic acids is 1. The van der Waals surface area contributed by atoms with Crippen molar-refractivity contribution < 1.29 is 4.79 Å². The Morgan fingerprint density at radius 1 is 1.62 bits per heavy atom. The molecule has 1 amide bonds. The van der Waals surface area contributed by atoms with Crippen molar-refractivity contribution in [1.82, 2.24) is 15.5 Å². The highest BCUT2D eigenvalue weighted by molar-refractivity contribution is 5.97. The van der Waals surface area contributed by atoms with Crippen LogP contribution in [-0.2, 0) is 0 Å². The average Bonchev–Trinajstić information content (AvgIpc) is 3.03. The van der Waals surface area contributed by atoms with Crippen LogP contribution in [0.4, 0.5) is 5.69 Å². The SMILES string of the molecule is CCCCNC(=O)c1n[nH]c(C2CC2)c1N. The summed E-state index contributed by atoms with van der Waals surface area (Å²) in [5, 5.41) is 9.68. The van der Waals surface area contributed by atoms with Gasteiger partial charge in [0, 0.05) is 12.5 Å². The Morgan fingerprint density at radius 3 is 3.00 bits per heavy atom. The van der Waals surface area contributed by atoms with E-state index in [0.29, 0.717) is 23.8 Å². The zero-order valence-corrected chi connectivity index (χ0v) is 9.55. The number of carbonyl (C=O) groups is 1. The predicted molar refractivity (Wildman–Crippen MR) is 62.2 cm³/mol. The van der Waals surface area contributed by atoms with Crippen LogP contribution in [0.2, 0.25) is 0 Å². The van der Waals surface area contributed by atoms with Gasteiger partial charge in [0.1, 0.15) is 0 Å². The van der Waals surface area contributed by atoms with E-state index in [2.05, 4.69) is 22.4 Å². The summed E-state index contributed by atoms with van der Waals surface area (Å²) in [4.78, 5) is 11.7. The monoisotopic (exact) mass is 222 g/mol. The van der Waals surface area contributed by atoms with Crippen LogP contribution < -0.4 is 11.1 Å². The number of H-pyrrole nitrogens is 1. The van der Waals surface area contributed by atoms with Crippen molar-refractivity contribution in [3.8, 4) is 0 Å². The molecule has 1 aromatic heterocycles. The van der Waals surface area contributed by atoms with Gasteiger partial charge in [-0.15, -0.1) is 0 Å². The number of aromatic nitrogens is 2. The van der Waals surface area contributed by atoms with Crippen LogP contribution in [0.15, 0.2) is 0 Å². The van der Waals surface area contributed by atoms with Crippen molar-refractivity contribution in [3.63, 3.8) is 0 Å². The van der Waals surface area contributed by atoms with E-state index >= 15 is 0 Å². The summed E-state index contributed by atoms with van der Waals surface area (Å²) in [7, 11) is 0. The highest BCUT2D eigenvalue weighted by Crippen LogP contribution is 2.42. The standard InChI is InChI=1S/C11H18N4O/c1-2-3-6-13-11(16)10-8(12)9(14-15-10)7-4-5-7/h7H,2-6,12H2,1H3,(H,13,16)(H,14,15). The molecule has 1 fully saturated rings. The molecule has 0 atom stereocenters. The zero-order chi connectivity index (χ0) is 11.5. The van der Waals surface area contributed by atoms with E-state index in [0.717, 1.165) is 31.4 Å². The minimum absolute atomic E-state index is 0.172. The molecular formula is C11H18N4O. The van der Waals surface area contributed by atoms with Crippen LogP contribution >= 0.6 is 0 Å². The van der Waals surface area contributed by atoms with E-state index < -0.39 is 0 Å². The molecule has 1 saturated carbocycles. The van der Waals surface area contributed by atoms with Gasteiger partial charge in [-0.25, -0.2) is 0 Å². The third-order valence-corrected chi connectivity index (χ3v) is 2.85. The Morgan fingerprint density at radius 2 is 2.38 bits per heavy atom. The molecule has 0 spiro atoms. The molecular weight excluding hydrogens is 204 g/mol. The average molecular weight is 222 g/mol. The van der Waals surface area contributed by atoms with Crippen LogP contribution in [0.1, 0.15) is 54.7 Å². The van der Waals surface area contributed by atoms with Crippen molar-refractivity contribution >= 4 is 11.6 Å². The summed E-state index contributed by atoms with van der Waals surface area (Å²) in [6, 6.07) is 0. The number of nitrogens with one attached hydrogen (secondary N) is 2. The number of rotatable bonds is 5. The van der Waals surface area contributed by atoms with Gasteiger partial charge in [-0.3, -0.25) is 9.89 Å². The lowest BCUT2D eigenvalue weighted by molar-refractivity contribution is 0.0949. The van der Waals surface area contributed by atoms with Crippen LogP contribution in [-0.4, -0.2) is 22.6 Å². The topological polar surface area (TPSA) is 83.8 Å². The van der Waals surface area contributed by atoms with Crippen LogP contribution in [0.3, 0.4) is 0 Å². The lowest BCUT2D eigenvalue weighted by Gasteiger charge is -2.02. The maximum atomic E-state index is 11.7. The fourth-order valence-electron chi connectivity index (χ4n) is 1.68. The first-order chi connectivity index (χ1) is 7.74. The van der Waals surface area contributed by atoms with E-state index in [1.54, 1.807) is 0 Å². The second-order valence-electron chi connectivity index (χ2n) is 4.28. The number of nitrogens with two attached hydrogens (primary N) is 1. The van der Waals surface area contributed by atoms with Crippen LogP contribution in [0, 0.1) is 0 Å². The number of amides is 1. The van der Waals surface area contributed by atoms with Crippen molar-refractivity contribution in [1.29, 1.82) is 0 Å². The molecule has 0 radical (unpaired) electrons. The Labute approximate surface area is 94.8 Å². The van der Waals surface area contributed by atoms with Crippen LogP contribution in [0.5, 0.6) is 0 Å². The first kappa shape index (κ1) is 11.0. The summed E-state index contributed by atoms with van der Waals surface area (Å²) < 4.78 is 0. The number of nitrogens with zero attached hydrogens (tertiary/aromatic N) is 1. The molecule has 0 aromatic carbocycles. The highest BCUT2D eigenvalue weighted by atomic mass is 16.1. The minimum atomic E-state index is -0.172. The van der Waals surface area contributed by atoms with E-state index in [1.165, 1.54) is 0 Å². The Hall–Kier alpha value is -1.52. The van der Waals surface area contributed by atoms with E-state index in [4.69, 9.17) is 5.73 Å². The van der Waals surface area contributed by atoms with Gasteiger partial charge >= 0.3 is 0 Å². The Balaban J connectivity index is 1.99. The molecule has 0 bridgehead atoms. The second kappa shape index (κ2) is 4.55. The Kier molecular flexibility index (Phi) is 3.12. The molecule has 0 aliphatic heterocycles.